The van der Waals surface area contributed by atoms with Gasteiger partial charge in [0, 0.05) is 26.2 Å². The first kappa shape index (κ1) is 11.9. The van der Waals surface area contributed by atoms with Gasteiger partial charge in [0.25, 0.3) is 5.91 Å². The molecule has 0 aliphatic carbocycles. The van der Waals surface area contributed by atoms with Gasteiger partial charge in [-0.3, -0.25) is 10.1 Å². The number of carbonyl (C=O) groups is 2. The van der Waals surface area contributed by atoms with Gasteiger partial charge in [-0.25, -0.2) is 4.79 Å². The highest BCUT2D eigenvalue weighted by Gasteiger charge is 2.30. The number of likely N-dealkylation sites (N-methyl/N-ethyl adjacent to an activating group) is 2. The second-order valence-corrected chi connectivity index (χ2v) is 3.69. The largest absolute Gasteiger partial charge is 0.480 e. The molecule has 0 bridgehead atoms. The van der Waals surface area contributed by atoms with Gasteiger partial charge in [0.1, 0.15) is 0 Å². The minimum Gasteiger partial charge on any atom is -0.480 e. The smallest absolute Gasteiger partial charge is 0.330 e. The Bertz CT molecular complexity index is 249. The molecule has 0 spiro atoms. The highest BCUT2D eigenvalue weighted by Crippen LogP contribution is 2.02. The van der Waals surface area contributed by atoms with Crippen LogP contribution in [0.3, 0.4) is 0 Å². The summed E-state index contributed by atoms with van der Waals surface area (Å²) in [6, 6.07) is -1.12. The number of carbonyl (C=O) groups excluding carboxylic acids is 1. The van der Waals surface area contributed by atoms with Gasteiger partial charge in [-0.05, 0) is 14.1 Å². The average Bonchev–Trinajstić information content (AvgIpc) is 2.19. The summed E-state index contributed by atoms with van der Waals surface area (Å²) in [5, 5.41) is 11.3. The predicted molar refractivity (Wildman–Crippen MR) is 54.6 cm³/mol. The fourth-order valence-electron chi connectivity index (χ4n) is 1.56. The first-order valence-electron chi connectivity index (χ1n) is 4.93. The van der Waals surface area contributed by atoms with Crippen LogP contribution in [0, 0.1) is 0 Å². The molecule has 1 fully saturated rings. The third kappa shape index (κ3) is 2.90. The Hall–Kier alpha value is -1.14. The molecule has 1 amide bonds. The molecule has 0 aromatic rings. The quantitative estimate of drug-likeness (QED) is 0.557. The molecule has 6 nitrogen and oxygen atoms in total. The Labute approximate surface area is 88.8 Å². The number of nitrogens with one attached hydrogen (secondary N) is 1. The highest BCUT2D eigenvalue weighted by atomic mass is 16.4. The van der Waals surface area contributed by atoms with Gasteiger partial charge >= 0.3 is 5.97 Å². The molecule has 1 aliphatic rings. The van der Waals surface area contributed by atoms with Gasteiger partial charge in [0.15, 0.2) is 6.04 Å². The number of piperazine rings is 1. The van der Waals surface area contributed by atoms with Crippen molar-refractivity contribution in [2.75, 3.05) is 40.3 Å². The van der Waals surface area contributed by atoms with Gasteiger partial charge in [0.05, 0.1) is 0 Å². The van der Waals surface area contributed by atoms with Crippen LogP contribution in [0.4, 0.5) is 0 Å². The van der Waals surface area contributed by atoms with E-state index >= 15 is 0 Å². The molecule has 0 aromatic carbocycles. The molecule has 0 radical (unpaired) electrons. The summed E-state index contributed by atoms with van der Waals surface area (Å²) in [5.41, 5.74) is 0. The van der Waals surface area contributed by atoms with Crippen molar-refractivity contribution in [2.24, 2.45) is 0 Å². The Morgan fingerprint density at radius 3 is 2.20 bits per heavy atom. The molecule has 1 aliphatic heterocycles. The summed E-state index contributed by atoms with van der Waals surface area (Å²) in [5.74, 6) is -1.47. The van der Waals surface area contributed by atoms with Crippen LogP contribution >= 0.6 is 0 Å². The van der Waals surface area contributed by atoms with Crippen LogP contribution in [0.1, 0.15) is 0 Å². The molecule has 1 heterocycles. The van der Waals surface area contributed by atoms with Crippen LogP contribution in [-0.2, 0) is 9.59 Å². The van der Waals surface area contributed by atoms with Gasteiger partial charge in [0.2, 0.25) is 0 Å². The van der Waals surface area contributed by atoms with E-state index in [1.807, 2.05) is 7.05 Å². The lowest BCUT2D eigenvalue weighted by molar-refractivity contribution is -0.148. The number of carboxylic acids is 1. The molecular formula is C9H17N3O3. The van der Waals surface area contributed by atoms with Gasteiger partial charge in [-0.15, -0.1) is 0 Å². The highest BCUT2D eigenvalue weighted by molar-refractivity contribution is 6.01. The zero-order valence-corrected chi connectivity index (χ0v) is 9.06. The van der Waals surface area contributed by atoms with Crippen molar-refractivity contribution in [1.82, 2.24) is 15.1 Å². The fraction of sp³-hybridized carbons (Fsp3) is 0.778. The molecule has 1 atom stereocenters. The van der Waals surface area contributed by atoms with E-state index in [2.05, 4.69) is 10.2 Å². The summed E-state index contributed by atoms with van der Waals surface area (Å²) >= 11 is 0. The average molecular weight is 215 g/mol. The molecule has 86 valence electrons. The van der Waals surface area contributed by atoms with Gasteiger partial charge in [-0.1, -0.05) is 0 Å². The van der Waals surface area contributed by atoms with Crippen molar-refractivity contribution in [3.05, 3.63) is 0 Å². The van der Waals surface area contributed by atoms with Gasteiger partial charge in [-0.2, -0.15) is 0 Å². The van der Waals surface area contributed by atoms with E-state index in [9.17, 15) is 9.59 Å². The number of amides is 1. The Morgan fingerprint density at radius 2 is 1.80 bits per heavy atom. The Kier molecular flexibility index (Phi) is 4.05. The number of carboxylic acid groups (broad SMARTS) is 1. The lowest BCUT2D eigenvalue weighted by Crippen LogP contribution is -2.55. The second-order valence-electron chi connectivity index (χ2n) is 3.69. The predicted octanol–water partition coefficient (Wildman–Crippen LogP) is -1.57. The zero-order chi connectivity index (χ0) is 11.4. The topological polar surface area (TPSA) is 72.9 Å². The first-order valence-corrected chi connectivity index (χ1v) is 4.93. The van der Waals surface area contributed by atoms with E-state index < -0.39 is 12.0 Å². The maximum Gasteiger partial charge on any atom is 0.330 e. The SMILES string of the molecule is CNC(C(=O)O)C(=O)N1CCN(C)CC1. The fourth-order valence-corrected chi connectivity index (χ4v) is 1.56. The van der Waals surface area contributed by atoms with Crippen LogP contribution in [-0.4, -0.2) is 73.1 Å². The number of nitrogens with zero attached hydrogens (tertiary/aromatic N) is 2. The molecular weight excluding hydrogens is 198 g/mol. The molecule has 0 aromatic heterocycles. The van der Waals surface area contributed by atoms with Crippen molar-refractivity contribution < 1.29 is 14.7 Å². The first-order chi connectivity index (χ1) is 7.06. The van der Waals surface area contributed by atoms with Crippen molar-refractivity contribution in [3.63, 3.8) is 0 Å². The van der Waals surface area contributed by atoms with Crippen LogP contribution in [0.2, 0.25) is 0 Å². The Morgan fingerprint density at radius 1 is 1.27 bits per heavy atom. The molecule has 0 saturated carbocycles. The number of aliphatic carboxylic acids is 1. The second kappa shape index (κ2) is 5.09. The van der Waals surface area contributed by atoms with Crippen LogP contribution in [0.25, 0.3) is 0 Å². The van der Waals surface area contributed by atoms with E-state index in [0.29, 0.717) is 13.1 Å². The molecule has 1 rings (SSSR count). The lowest BCUT2D eigenvalue weighted by Gasteiger charge is -2.33. The van der Waals surface area contributed by atoms with E-state index in [4.69, 9.17) is 5.11 Å². The molecule has 6 heteroatoms. The van der Waals surface area contributed by atoms with E-state index in [-0.39, 0.29) is 5.91 Å². The zero-order valence-electron chi connectivity index (χ0n) is 9.06. The van der Waals surface area contributed by atoms with Gasteiger partial charge < -0.3 is 14.9 Å². The monoisotopic (exact) mass is 215 g/mol. The van der Waals surface area contributed by atoms with Crippen molar-refractivity contribution in [3.8, 4) is 0 Å². The molecule has 2 N–H and O–H groups in total. The molecule has 1 saturated heterocycles. The minimum absolute atomic E-state index is 0.349. The van der Waals surface area contributed by atoms with Crippen LogP contribution < -0.4 is 5.32 Å². The maximum absolute atomic E-state index is 11.7. The number of hydrogen-bond donors (Lipinski definition) is 2. The van der Waals surface area contributed by atoms with E-state index in [1.54, 1.807) is 4.90 Å². The van der Waals surface area contributed by atoms with E-state index in [0.717, 1.165) is 13.1 Å². The normalized spacial score (nSPS) is 20.0. The lowest BCUT2D eigenvalue weighted by atomic mass is 10.2. The summed E-state index contributed by atoms with van der Waals surface area (Å²) in [6.07, 6.45) is 0. The van der Waals surface area contributed by atoms with Crippen LogP contribution in [0.15, 0.2) is 0 Å². The molecule has 1 unspecified atom stereocenters. The van der Waals surface area contributed by atoms with Crippen molar-refractivity contribution >= 4 is 11.9 Å². The number of rotatable bonds is 3. The third-order valence-corrected chi connectivity index (χ3v) is 2.60. The van der Waals surface area contributed by atoms with Crippen molar-refractivity contribution in [1.29, 1.82) is 0 Å². The summed E-state index contributed by atoms with van der Waals surface area (Å²) < 4.78 is 0. The maximum atomic E-state index is 11.7. The summed E-state index contributed by atoms with van der Waals surface area (Å²) in [4.78, 5) is 26.2. The summed E-state index contributed by atoms with van der Waals surface area (Å²) in [6.45, 7) is 2.78. The molecule has 15 heavy (non-hydrogen) atoms. The van der Waals surface area contributed by atoms with Crippen molar-refractivity contribution in [2.45, 2.75) is 6.04 Å². The number of hydrogen-bond acceptors (Lipinski definition) is 4. The Balaban J connectivity index is 2.55. The minimum atomic E-state index is -1.12. The standard InChI is InChI=1S/C9H17N3O3/c1-10-7(9(14)15)8(13)12-5-3-11(2)4-6-12/h7,10H,3-6H2,1-2H3,(H,14,15). The third-order valence-electron chi connectivity index (χ3n) is 2.60. The summed E-state index contributed by atoms with van der Waals surface area (Å²) in [7, 11) is 3.46. The van der Waals surface area contributed by atoms with E-state index in [1.165, 1.54) is 7.05 Å². The van der Waals surface area contributed by atoms with Crippen LogP contribution in [0.5, 0.6) is 0 Å².